The molecule has 1 aliphatic heterocycles. The Hall–Kier alpha value is -2.38. The number of amides is 1. The van der Waals surface area contributed by atoms with Crippen molar-refractivity contribution >= 4 is 46.3 Å². The predicted octanol–water partition coefficient (Wildman–Crippen LogP) is 3.40. The Balaban J connectivity index is 1.99. The third-order valence-electron chi connectivity index (χ3n) is 3.62. The fraction of sp³-hybridized carbons (Fsp3) is 0.118. The highest BCUT2D eigenvalue weighted by molar-refractivity contribution is 8.26. The van der Waals surface area contributed by atoms with Gasteiger partial charge in [0.2, 0.25) is 0 Å². The van der Waals surface area contributed by atoms with Crippen molar-refractivity contribution in [3.63, 3.8) is 0 Å². The number of carbonyl (C=O) groups excluding carboxylic acids is 1. The van der Waals surface area contributed by atoms with E-state index in [4.69, 9.17) is 17.3 Å². The summed E-state index contributed by atoms with van der Waals surface area (Å²) in [5, 5.41) is 9.14. The second-order valence-electron chi connectivity index (χ2n) is 5.08. The number of aromatic carboxylic acids is 1. The Morgan fingerprint density at radius 1 is 1.33 bits per heavy atom. The minimum atomic E-state index is -0.977. The van der Waals surface area contributed by atoms with Crippen LogP contribution in [0.2, 0.25) is 0 Å². The molecular weight excluding hydrogens is 344 g/mol. The minimum absolute atomic E-state index is 0.0977. The SMILES string of the molecule is CCN1C(=O)/C(=C/c2cccn2-c2cccc(C(=O)O)c2)SC1=S. The molecule has 24 heavy (non-hydrogen) atoms. The summed E-state index contributed by atoms with van der Waals surface area (Å²) in [5.74, 6) is -1.08. The molecule has 2 aromatic rings. The fourth-order valence-corrected chi connectivity index (χ4v) is 3.81. The maximum absolute atomic E-state index is 12.3. The van der Waals surface area contributed by atoms with Crippen LogP contribution in [0.15, 0.2) is 47.5 Å². The van der Waals surface area contributed by atoms with Crippen LogP contribution < -0.4 is 0 Å². The van der Waals surface area contributed by atoms with Crippen LogP contribution in [0, 0.1) is 0 Å². The Morgan fingerprint density at radius 3 is 2.79 bits per heavy atom. The molecule has 1 N–H and O–H groups in total. The molecule has 122 valence electrons. The first kappa shape index (κ1) is 16.5. The number of aromatic nitrogens is 1. The molecule has 5 nitrogen and oxygen atoms in total. The summed E-state index contributed by atoms with van der Waals surface area (Å²) >= 11 is 6.49. The van der Waals surface area contributed by atoms with Gasteiger partial charge < -0.3 is 9.67 Å². The summed E-state index contributed by atoms with van der Waals surface area (Å²) in [7, 11) is 0. The van der Waals surface area contributed by atoms with Gasteiger partial charge in [-0.3, -0.25) is 9.69 Å². The fourth-order valence-electron chi connectivity index (χ4n) is 2.44. The molecule has 1 amide bonds. The zero-order valence-corrected chi connectivity index (χ0v) is 14.4. The zero-order valence-electron chi connectivity index (χ0n) is 12.8. The van der Waals surface area contributed by atoms with Crippen LogP contribution >= 0.6 is 24.0 Å². The number of hydrogen-bond acceptors (Lipinski definition) is 4. The third-order valence-corrected chi connectivity index (χ3v) is 5.00. The first-order chi connectivity index (χ1) is 11.5. The van der Waals surface area contributed by atoms with Gasteiger partial charge in [0.05, 0.1) is 10.5 Å². The molecule has 7 heteroatoms. The second-order valence-corrected chi connectivity index (χ2v) is 6.76. The van der Waals surface area contributed by atoms with E-state index in [1.54, 1.807) is 29.2 Å². The Morgan fingerprint density at radius 2 is 2.12 bits per heavy atom. The molecule has 1 aliphatic rings. The molecule has 0 saturated carbocycles. The van der Waals surface area contributed by atoms with Gasteiger partial charge in [-0.25, -0.2) is 4.79 Å². The number of thioether (sulfide) groups is 1. The lowest BCUT2D eigenvalue weighted by molar-refractivity contribution is -0.121. The van der Waals surface area contributed by atoms with E-state index in [0.29, 0.717) is 15.8 Å². The molecule has 1 aromatic carbocycles. The first-order valence-corrected chi connectivity index (χ1v) is 8.50. The summed E-state index contributed by atoms with van der Waals surface area (Å²) in [6, 6.07) is 10.4. The molecule has 0 atom stereocenters. The largest absolute Gasteiger partial charge is 0.478 e. The van der Waals surface area contributed by atoms with Crippen LogP contribution in [-0.2, 0) is 4.79 Å². The van der Waals surface area contributed by atoms with E-state index in [0.717, 1.165) is 11.4 Å². The van der Waals surface area contributed by atoms with Crippen molar-refractivity contribution in [2.45, 2.75) is 6.92 Å². The van der Waals surface area contributed by atoms with Crippen molar-refractivity contribution in [1.82, 2.24) is 9.47 Å². The Kier molecular flexibility index (Phi) is 4.55. The average Bonchev–Trinajstić information content (AvgIpc) is 3.12. The molecule has 0 aliphatic carbocycles. The molecule has 0 unspecified atom stereocenters. The number of nitrogens with zero attached hydrogens (tertiary/aromatic N) is 2. The lowest BCUT2D eigenvalue weighted by Gasteiger charge is -2.10. The topological polar surface area (TPSA) is 62.5 Å². The molecule has 0 spiro atoms. The monoisotopic (exact) mass is 358 g/mol. The molecule has 0 radical (unpaired) electrons. The van der Waals surface area contributed by atoms with Crippen molar-refractivity contribution in [1.29, 1.82) is 0 Å². The summed E-state index contributed by atoms with van der Waals surface area (Å²) < 4.78 is 2.39. The van der Waals surface area contributed by atoms with Crippen LogP contribution in [0.1, 0.15) is 23.0 Å². The van der Waals surface area contributed by atoms with Crippen LogP contribution in [0.4, 0.5) is 0 Å². The molecule has 1 aromatic heterocycles. The van der Waals surface area contributed by atoms with E-state index in [1.807, 2.05) is 35.9 Å². The smallest absolute Gasteiger partial charge is 0.335 e. The number of likely N-dealkylation sites (N-methyl/N-ethyl adjacent to an activating group) is 1. The van der Waals surface area contributed by atoms with E-state index in [2.05, 4.69) is 0 Å². The third kappa shape index (κ3) is 3.00. The quantitative estimate of drug-likeness (QED) is 0.670. The van der Waals surface area contributed by atoms with Crippen LogP contribution in [0.25, 0.3) is 11.8 Å². The van der Waals surface area contributed by atoms with E-state index >= 15 is 0 Å². The Labute approximate surface area is 148 Å². The second kappa shape index (κ2) is 6.62. The van der Waals surface area contributed by atoms with E-state index in [-0.39, 0.29) is 11.5 Å². The van der Waals surface area contributed by atoms with Crippen molar-refractivity contribution < 1.29 is 14.7 Å². The van der Waals surface area contributed by atoms with Gasteiger partial charge in [0.25, 0.3) is 5.91 Å². The van der Waals surface area contributed by atoms with Gasteiger partial charge in [0, 0.05) is 24.1 Å². The normalized spacial score (nSPS) is 16.2. The number of hydrogen-bond donors (Lipinski definition) is 1. The van der Waals surface area contributed by atoms with Crippen LogP contribution in [0.5, 0.6) is 0 Å². The molecule has 2 heterocycles. The lowest BCUT2D eigenvalue weighted by atomic mass is 10.2. The van der Waals surface area contributed by atoms with Gasteiger partial charge in [-0.15, -0.1) is 0 Å². The molecular formula is C17H14N2O3S2. The number of carboxylic acid groups (broad SMARTS) is 1. The number of carboxylic acids is 1. The predicted molar refractivity (Wildman–Crippen MR) is 98.3 cm³/mol. The van der Waals surface area contributed by atoms with Crippen molar-refractivity contribution in [2.75, 3.05) is 6.54 Å². The van der Waals surface area contributed by atoms with Crippen LogP contribution in [0.3, 0.4) is 0 Å². The number of rotatable bonds is 4. The van der Waals surface area contributed by atoms with Gasteiger partial charge in [-0.05, 0) is 43.3 Å². The highest BCUT2D eigenvalue weighted by Gasteiger charge is 2.30. The van der Waals surface area contributed by atoms with Crippen molar-refractivity contribution in [2.24, 2.45) is 0 Å². The number of thiocarbonyl (C=S) groups is 1. The van der Waals surface area contributed by atoms with Crippen molar-refractivity contribution in [3.05, 3.63) is 58.8 Å². The number of benzene rings is 1. The average molecular weight is 358 g/mol. The van der Waals surface area contributed by atoms with Crippen LogP contribution in [-0.4, -0.2) is 37.3 Å². The molecule has 1 saturated heterocycles. The van der Waals surface area contributed by atoms with Gasteiger partial charge in [-0.2, -0.15) is 0 Å². The van der Waals surface area contributed by atoms with Crippen molar-refractivity contribution in [3.8, 4) is 5.69 Å². The van der Waals surface area contributed by atoms with Gasteiger partial charge in [0.1, 0.15) is 4.32 Å². The molecule has 0 bridgehead atoms. The maximum atomic E-state index is 12.3. The van der Waals surface area contributed by atoms with Gasteiger partial charge in [-0.1, -0.05) is 30.0 Å². The summed E-state index contributed by atoms with van der Waals surface area (Å²) in [6.07, 6.45) is 3.61. The zero-order chi connectivity index (χ0) is 17.3. The summed E-state index contributed by atoms with van der Waals surface area (Å²) in [4.78, 5) is 25.6. The van der Waals surface area contributed by atoms with E-state index in [9.17, 15) is 9.59 Å². The van der Waals surface area contributed by atoms with Gasteiger partial charge >= 0.3 is 5.97 Å². The summed E-state index contributed by atoms with van der Waals surface area (Å²) in [5.41, 5.74) is 1.72. The van der Waals surface area contributed by atoms with E-state index < -0.39 is 5.97 Å². The minimum Gasteiger partial charge on any atom is -0.478 e. The number of carbonyl (C=O) groups is 2. The van der Waals surface area contributed by atoms with E-state index in [1.165, 1.54) is 11.8 Å². The Bertz CT molecular complexity index is 870. The summed E-state index contributed by atoms with van der Waals surface area (Å²) in [6.45, 7) is 2.43. The highest BCUT2D eigenvalue weighted by Crippen LogP contribution is 2.32. The van der Waals surface area contributed by atoms with Gasteiger partial charge in [0.15, 0.2) is 0 Å². The first-order valence-electron chi connectivity index (χ1n) is 7.27. The standard InChI is InChI=1S/C17H14N2O3S2/c1-2-18-15(20)14(24-17(18)23)10-13-7-4-8-19(13)12-6-3-5-11(9-12)16(21)22/h3-10H,2H2,1H3,(H,21,22)/b14-10-. The molecule has 1 fully saturated rings. The maximum Gasteiger partial charge on any atom is 0.335 e. The molecule has 3 rings (SSSR count). The highest BCUT2D eigenvalue weighted by atomic mass is 32.2. The lowest BCUT2D eigenvalue weighted by Crippen LogP contribution is -2.27.